The van der Waals surface area contributed by atoms with E-state index < -0.39 is 0 Å². The van der Waals surface area contributed by atoms with Gasteiger partial charge in [-0.2, -0.15) is 0 Å². The van der Waals surface area contributed by atoms with Crippen molar-refractivity contribution in [2.75, 3.05) is 32.1 Å². The van der Waals surface area contributed by atoms with Gasteiger partial charge in [-0.1, -0.05) is 12.1 Å². The van der Waals surface area contributed by atoms with Crippen LogP contribution in [0.2, 0.25) is 0 Å². The van der Waals surface area contributed by atoms with Crippen molar-refractivity contribution in [2.45, 2.75) is 19.4 Å². The second kappa shape index (κ2) is 5.50. The minimum atomic E-state index is 0.163. The van der Waals surface area contributed by atoms with Gasteiger partial charge in [0, 0.05) is 32.4 Å². The van der Waals surface area contributed by atoms with Crippen LogP contribution in [0.1, 0.15) is 17.5 Å². The lowest BCUT2D eigenvalue weighted by molar-refractivity contribution is -0.117. The number of fused-ring (bicyclic) bond motifs is 1. The maximum atomic E-state index is 11.6. The maximum absolute atomic E-state index is 11.6. The van der Waals surface area contributed by atoms with Crippen molar-refractivity contribution in [1.82, 2.24) is 4.90 Å². The summed E-state index contributed by atoms with van der Waals surface area (Å²) >= 11 is 0. The quantitative estimate of drug-likeness (QED) is 0.846. The molecule has 1 N–H and O–H groups in total. The Bertz CT molecular complexity index is 445. The molecule has 4 nitrogen and oxygen atoms in total. The van der Waals surface area contributed by atoms with E-state index in [-0.39, 0.29) is 12.5 Å². The molecule has 0 radical (unpaired) electrons. The Morgan fingerprint density at radius 1 is 1.44 bits per heavy atom. The minimum Gasteiger partial charge on any atom is -0.396 e. The fraction of sp³-hybridized carbons (Fsp3) is 0.500. The summed E-state index contributed by atoms with van der Waals surface area (Å²) in [4.78, 5) is 15.5. The maximum Gasteiger partial charge on any atom is 0.231 e. The first kappa shape index (κ1) is 13.1. The summed E-state index contributed by atoms with van der Waals surface area (Å²) < 4.78 is 0. The summed E-state index contributed by atoms with van der Waals surface area (Å²) in [6.07, 6.45) is 1.31. The van der Waals surface area contributed by atoms with Gasteiger partial charge in [-0.3, -0.25) is 4.79 Å². The SMILES string of the molecule is CN(CCCO)Cc1ccc2c(c1)CC(=O)N2C. The van der Waals surface area contributed by atoms with Crippen LogP contribution < -0.4 is 4.90 Å². The van der Waals surface area contributed by atoms with Crippen LogP contribution in [0, 0.1) is 0 Å². The van der Waals surface area contributed by atoms with E-state index in [0.717, 1.165) is 30.8 Å². The third-order valence-electron chi connectivity index (χ3n) is 3.37. The molecule has 1 amide bonds. The van der Waals surface area contributed by atoms with Gasteiger partial charge in [-0.15, -0.1) is 0 Å². The van der Waals surface area contributed by atoms with Crippen molar-refractivity contribution < 1.29 is 9.90 Å². The van der Waals surface area contributed by atoms with Gasteiger partial charge in [0.1, 0.15) is 0 Å². The zero-order valence-corrected chi connectivity index (χ0v) is 11.0. The minimum absolute atomic E-state index is 0.163. The van der Waals surface area contributed by atoms with Gasteiger partial charge in [-0.25, -0.2) is 0 Å². The predicted octanol–water partition coefficient (Wildman–Crippen LogP) is 1.02. The Balaban J connectivity index is 2.04. The Labute approximate surface area is 108 Å². The summed E-state index contributed by atoms with van der Waals surface area (Å²) in [5.74, 6) is 0.163. The normalized spacial score (nSPS) is 14.4. The van der Waals surface area contributed by atoms with Crippen molar-refractivity contribution >= 4 is 11.6 Å². The molecule has 0 aromatic heterocycles. The van der Waals surface area contributed by atoms with Crippen LogP contribution in [-0.4, -0.2) is 43.2 Å². The molecule has 2 rings (SSSR count). The number of hydrogen-bond acceptors (Lipinski definition) is 3. The molecule has 1 aromatic rings. The molecule has 1 heterocycles. The molecular formula is C14H20N2O2. The number of aliphatic hydroxyl groups excluding tert-OH is 1. The molecule has 1 aliphatic heterocycles. The van der Waals surface area contributed by atoms with Crippen LogP contribution in [-0.2, 0) is 17.8 Å². The fourth-order valence-corrected chi connectivity index (χ4v) is 2.35. The van der Waals surface area contributed by atoms with Gasteiger partial charge >= 0.3 is 0 Å². The van der Waals surface area contributed by atoms with Crippen molar-refractivity contribution in [3.63, 3.8) is 0 Å². The summed E-state index contributed by atoms with van der Waals surface area (Å²) in [5.41, 5.74) is 3.37. The predicted molar refractivity (Wildman–Crippen MR) is 71.6 cm³/mol. The van der Waals surface area contributed by atoms with E-state index in [2.05, 4.69) is 17.0 Å². The van der Waals surface area contributed by atoms with Crippen molar-refractivity contribution in [3.05, 3.63) is 29.3 Å². The third kappa shape index (κ3) is 2.71. The van der Waals surface area contributed by atoms with E-state index in [1.54, 1.807) is 4.90 Å². The molecule has 18 heavy (non-hydrogen) atoms. The summed E-state index contributed by atoms with van der Waals surface area (Å²) in [5, 5.41) is 8.80. The van der Waals surface area contributed by atoms with Gasteiger partial charge < -0.3 is 14.9 Å². The molecule has 0 spiro atoms. The first-order valence-electron chi connectivity index (χ1n) is 6.29. The topological polar surface area (TPSA) is 43.8 Å². The molecule has 4 heteroatoms. The number of benzene rings is 1. The lowest BCUT2D eigenvalue weighted by Gasteiger charge is -2.17. The van der Waals surface area contributed by atoms with Crippen LogP contribution in [0.25, 0.3) is 0 Å². The first-order valence-corrected chi connectivity index (χ1v) is 6.29. The van der Waals surface area contributed by atoms with Crippen LogP contribution in [0.3, 0.4) is 0 Å². The Kier molecular flexibility index (Phi) is 3.99. The summed E-state index contributed by atoms with van der Waals surface area (Å²) in [7, 11) is 3.86. The van der Waals surface area contributed by atoms with Crippen LogP contribution in [0.15, 0.2) is 18.2 Å². The Hall–Kier alpha value is -1.39. The molecule has 0 saturated heterocycles. The first-order chi connectivity index (χ1) is 8.61. The molecular weight excluding hydrogens is 228 g/mol. The zero-order valence-electron chi connectivity index (χ0n) is 11.0. The van der Waals surface area contributed by atoms with Crippen molar-refractivity contribution in [3.8, 4) is 0 Å². The number of carbonyl (C=O) groups excluding carboxylic acids is 1. The molecule has 0 saturated carbocycles. The average Bonchev–Trinajstić information content (AvgIpc) is 2.62. The number of carbonyl (C=O) groups is 1. The lowest BCUT2D eigenvalue weighted by atomic mass is 10.1. The molecule has 0 atom stereocenters. The standard InChI is InChI=1S/C14H20N2O2/c1-15(6-3-7-17)10-11-4-5-13-12(8-11)9-14(18)16(13)2/h4-5,8,17H,3,6-7,9-10H2,1-2H3. The number of rotatable bonds is 5. The molecule has 0 fully saturated rings. The highest BCUT2D eigenvalue weighted by Gasteiger charge is 2.23. The van der Waals surface area contributed by atoms with Gasteiger partial charge in [-0.05, 0) is 30.7 Å². The second-order valence-electron chi connectivity index (χ2n) is 4.91. The van der Waals surface area contributed by atoms with E-state index in [9.17, 15) is 4.79 Å². The van der Waals surface area contributed by atoms with Crippen molar-refractivity contribution in [1.29, 1.82) is 0 Å². The lowest BCUT2D eigenvalue weighted by Crippen LogP contribution is -2.20. The molecule has 1 aromatic carbocycles. The zero-order chi connectivity index (χ0) is 13.1. The number of anilines is 1. The van der Waals surface area contributed by atoms with Crippen LogP contribution in [0.5, 0.6) is 0 Å². The monoisotopic (exact) mass is 248 g/mol. The molecule has 0 aliphatic carbocycles. The number of aliphatic hydroxyl groups is 1. The van der Waals surface area contributed by atoms with E-state index in [1.807, 2.05) is 20.2 Å². The highest BCUT2D eigenvalue weighted by Crippen LogP contribution is 2.28. The highest BCUT2D eigenvalue weighted by atomic mass is 16.3. The number of amides is 1. The summed E-state index contributed by atoms with van der Waals surface area (Å²) in [6, 6.07) is 6.21. The van der Waals surface area contributed by atoms with Gasteiger partial charge in [0.15, 0.2) is 0 Å². The molecule has 0 unspecified atom stereocenters. The van der Waals surface area contributed by atoms with Gasteiger partial charge in [0.2, 0.25) is 5.91 Å². The van der Waals surface area contributed by atoms with E-state index >= 15 is 0 Å². The molecule has 1 aliphatic rings. The Morgan fingerprint density at radius 2 is 2.22 bits per heavy atom. The van der Waals surface area contributed by atoms with Gasteiger partial charge in [0.05, 0.1) is 6.42 Å². The third-order valence-corrected chi connectivity index (χ3v) is 3.37. The number of hydrogen-bond donors (Lipinski definition) is 1. The van der Waals surface area contributed by atoms with E-state index in [0.29, 0.717) is 6.42 Å². The van der Waals surface area contributed by atoms with E-state index in [4.69, 9.17) is 5.11 Å². The number of nitrogens with zero attached hydrogens (tertiary/aromatic N) is 2. The average molecular weight is 248 g/mol. The highest BCUT2D eigenvalue weighted by molar-refractivity contribution is 6.00. The van der Waals surface area contributed by atoms with Crippen LogP contribution in [0.4, 0.5) is 5.69 Å². The van der Waals surface area contributed by atoms with Gasteiger partial charge in [0.25, 0.3) is 0 Å². The smallest absolute Gasteiger partial charge is 0.231 e. The molecule has 0 bridgehead atoms. The summed E-state index contributed by atoms with van der Waals surface area (Å²) in [6.45, 7) is 1.96. The fourth-order valence-electron chi connectivity index (χ4n) is 2.35. The van der Waals surface area contributed by atoms with Crippen LogP contribution >= 0.6 is 0 Å². The Morgan fingerprint density at radius 3 is 2.94 bits per heavy atom. The second-order valence-corrected chi connectivity index (χ2v) is 4.91. The van der Waals surface area contributed by atoms with Crippen molar-refractivity contribution in [2.24, 2.45) is 0 Å². The number of likely N-dealkylation sites (N-methyl/N-ethyl adjacent to an activating group) is 1. The molecule has 98 valence electrons. The van der Waals surface area contributed by atoms with E-state index in [1.165, 1.54) is 5.56 Å². The largest absolute Gasteiger partial charge is 0.396 e.